The van der Waals surface area contributed by atoms with Crippen LogP contribution in [0.3, 0.4) is 0 Å². The van der Waals surface area contributed by atoms with E-state index in [2.05, 4.69) is 50.0 Å². The van der Waals surface area contributed by atoms with Gasteiger partial charge in [0, 0.05) is 39.7 Å². The van der Waals surface area contributed by atoms with Crippen molar-refractivity contribution in [3.05, 3.63) is 0 Å². The fraction of sp³-hybridized carbons (Fsp3) is 0.941. The first-order chi connectivity index (χ1) is 9.90. The molecule has 1 aliphatic rings. The van der Waals surface area contributed by atoms with Gasteiger partial charge in [0.1, 0.15) is 0 Å². The molecule has 0 aromatic rings. The molecule has 2 unspecified atom stereocenters. The number of nitrogens with zero attached hydrogens (tertiary/aromatic N) is 2. The summed E-state index contributed by atoms with van der Waals surface area (Å²) >= 11 is 0. The van der Waals surface area contributed by atoms with E-state index in [-0.39, 0.29) is 29.4 Å². The van der Waals surface area contributed by atoms with Crippen LogP contribution in [0.15, 0.2) is 4.99 Å². The number of unbranched alkanes of at least 4 members (excludes halogenated alkanes) is 1. The summed E-state index contributed by atoms with van der Waals surface area (Å²) in [5, 5.41) is 3.55. The fourth-order valence-electron chi connectivity index (χ4n) is 3.12. The molecule has 0 aromatic carbocycles. The third-order valence-electron chi connectivity index (χ3n) is 4.24. The third-order valence-corrected chi connectivity index (χ3v) is 4.24. The second kappa shape index (κ2) is 10.7. The Morgan fingerprint density at radius 1 is 1.36 bits per heavy atom. The molecule has 1 saturated heterocycles. The van der Waals surface area contributed by atoms with E-state index in [1.165, 1.54) is 25.7 Å². The van der Waals surface area contributed by atoms with E-state index < -0.39 is 0 Å². The second-order valence-corrected chi connectivity index (χ2v) is 7.26. The number of nitrogens with one attached hydrogen (secondary N) is 1. The smallest absolute Gasteiger partial charge is 0.193 e. The van der Waals surface area contributed by atoms with Gasteiger partial charge in [-0.05, 0) is 24.7 Å². The zero-order valence-corrected chi connectivity index (χ0v) is 17.6. The molecule has 1 heterocycles. The maximum absolute atomic E-state index is 6.05. The first-order valence-electron chi connectivity index (χ1n) is 8.43. The van der Waals surface area contributed by atoms with Gasteiger partial charge in [-0.15, -0.1) is 24.0 Å². The zero-order chi connectivity index (χ0) is 15.9. The van der Waals surface area contributed by atoms with Crippen LogP contribution in [-0.2, 0) is 4.74 Å². The Morgan fingerprint density at radius 3 is 2.59 bits per heavy atom. The molecule has 1 fully saturated rings. The Labute approximate surface area is 154 Å². The predicted octanol–water partition coefficient (Wildman–Crippen LogP) is 3.75. The summed E-state index contributed by atoms with van der Waals surface area (Å²) in [4.78, 5) is 6.62. The van der Waals surface area contributed by atoms with Crippen LogP contribution in [0.25, 0.3) is 0 Å². The number of guanidine groups is 1. The van der Waals surface area contributed by atoms with E-state index in [4.69, 9.17) is 4.74 Å². The molecule has 0 spiro atoms. The zero-order valence-electron chi connectivity index (χ0n) is 15.3. The Morgan fingerprint density at radius 2 is 2.05 bits per heavy atom. The lowest BCUT2D eigenvalue weighted by Crippen LogP contribution is -2.48. The highest BCUT2D eigenvalue weighted by Crippen LogP contribution is 2.33. The summed E-state index contributed by atoms with van der Waals surface area (Å²) in [6, 6.07) is 0. The molecule has 0 bridgehead atoms. The van der Waals surface area contributed by atoms with Crippen molar-refractivity contribution < 1.29 is 4.74 Å². The molecule has 132 valence electrons. The van der Waals surface area contributed by atoms with Crippen LogP contribution in [0, 0.1) is 11.3 Å². The highest BCUT2D eigenvalue weighted by atomic mass is 127. The van der Waals surface area contributed by atoms with E-state index in [0.717, 1.165) is 25.7 Å². The second-order valence-electron chi connectivity index (χ2n) is 7.26. The minimum absolute atomic E-state index is 0. The first-order valence-corrected chi connectivity index (χ1v) is 8.43. The van der Waals surface area contributed by atoms with Gasteiger partial charge >= 0.3 is 0 Å². The highest BCUT2D eigenvalue weighted by molar-refractivity contribution is 14.0. The van der Waals surface area contributed by atoms with E-state index in [1.807, 2.05) is 7.05 Å². The average molecular weight is 425 g/mol. The molecule has 4 nitrogen and oxygen atoms in total. The van der Waals surface area contributed by atoms with E-state index >= 15 is 0 Å². The molecule has 1 rings (SSSR count). The standard InChI is InChI=1S/C17H35N3O.HI/c1-7-8-11-20(6)16(18-5)19-13-14-10-9-12-21-15(14)17(2,3)4;/h14-15H,7-13H2,1-6H3,(H,18,19);1H. The maximum Gasteiger partial charge on any atom is 0.193 e. The summed E-state index contributed by atoms with van der Waals surface area (Å²) in [5.41, 5.74) is 0.199. The van der Waals surface area contributed by atoms with Crippen LogP contribution in [0.4, 0.5) is 0 Å². The van der Waals surface area contributed by atoms with Crippen LogP contribution < -0.4 is 5.32 Å². The maximum atomic E-state index is 6.05. The monoisotopic (exact) mass is 425 g/mol. The highest BCUT2D eigenvalue weighted by Gasteiger charge is 2.35. The molecular weight excluding hydrogens is 389 g/mol. The minimum Gasteiger partial charge on any atom is -0.377 e. The summed E-state index contributed by atoms with van der Waals surface area (Å²) in [6.45, 7) is 12.0. The lowest BCUT2D eigenvalue weighted by Gasteiger charge is -2.40. The van der Waals surface area contributed by atoms with Crippen LogP contribution in [0.1, 0.15) is 53.4 Å². The number of rotatable bonds is 5. The van der Waals surface area contributed by atoms with Crippen molar-refractivity contribution in [2.24, 2.45) is 16.3 Å². The van der Waals surface area contributed by atoms with Crippen LogP contribution >= 0.6 is 24.0 Å². The van der Waals surface area contributed by atoms with Gasteiger partial charge in [-0.25, -0.2) is 0 Å². The average Bonchev–Trinajstić information content (AvgIpc) is 2.45. The number of hydrogen-bond acceptors (Lipinski definition) is 2. The van der Waals surface area contributed by atoms with Crippen molar-refractivity contribution >= 4 is 29.9 Å². The number of ether oxygens (including phenoxy) is 1. The molecule has 1 N–H and O–H groups in total. The van der Waals surface area contributed by atoms with Crippen molar-refractivity contribution in [2.45, 2.75) is 59.5 Å². The molecular formula is C17H36IN3O. The lowest BCUT2D eigenvalue weighted by atomic mass is 9.78. The Kier molecular flexibility index (Phi) is 10.7. The van der Waals surface area contributed by atoms with Gasteiger partial charge in [-0.3, -0.25) is 4.99 Å². The number of halogens is 1. The fourth-order valence-corrected chi connectivity index (χ4v) is 3.12. The van der Waals surface area contributed by atoms with E-state index in [1.54, 1.807) is 0 Å². The Bertz CT molecular complexity index is 328. The molecule has 0 radical (unpaired) electrons. The van der Waals surface area contributed by atoms with Gasteiger partial charge in [0.15, 0.2) is 5.96 Å². The normalized spacial score (nSPS) is 22.9. The van der Waals surface area contributed by atoms with E-state index in [0.29, 0.717) is 12.0 Å². The van der Waals surface area contributed by atoms with Gasteiger partial charge in [-0.1, -0.05) is 34.1 Å². The first kappa shape index (κ1) is 22.0. The third kappa shape index (κ3) is 7.02. The lowest BCUT2D eigenvalue weighted by molar-refractivity contribution is -0.0836. The van der Waals surface area contributed by atoms with Crippen LogP contribution in [0.5, 0.6) is 0 Å². The summed E-state index contributed by atoms with van der Waals surface area (Å²) < 4.78 is 6.05. The molecule has 2 atom stereocenters. The van der Waals surface area contributed by atoms with Gasteiger partial charge in [0.25, 0.3) is 0 Å². The summed E-state index contributed by atoms with van der Waals surface area (Å²) in [6.07, 6.45) is 5.16. The van der Waals surface area contributed by atoms with Crippen LogP contribution in [-0.4, -0.2) is 50.8 Å². The Balaban J connectivity index is 0.00000441. The molecule has 0 amide bonds. The van der Waals surface area contributed by atoms with Gasteiger partial charge in [0.05, 0.1) is 6.10 Å². The molecule has 0 aromatic heterocycles. The number of hydrogen-bond donors (Lipinski definition) is 1. The van der Waals surface area contributed by atoms with Crippen molar-refractivity contribution in [1.29, 1.82) is 0 Å². The molecule has 22 heavy (non-hydrogen) atoms. The molecule has 1 aliphatic heterocycles. The number of aliphatic imine (C=N–C) groups is 1. The van der Waals surface area contributed by atoms with E-state index in [9.17, 15) is 0 Å². The predicted molar refractivity (Wildman–Crippen MR) is 106 cm³/mol. The summed E-state index contributed by atoms with van der Waals surface area (Å²) in [5.74, 6) is 1.57. The summed E-state index contributed by atoms with van der Waals surface area (Å²) in [7, 11) is 3.98. The SMILES string of the molecule is CCCCN(C)C(=NC)NCC1CCCOC1C(C)(C)C.I. The van der Waals surface area contributed by atoms with Crippen molar-refractivity contribution in [2.75, 3.05) is 33.8 Å². The van der Waals surface area contributed by atoms with Gasteiger partial charge in [0.2, 0.25) is 0 Å². The Hall–Kier alpha value is -0.0400. The minimum atomic E-state index is 0. The largest absolute Gasteiger partial charge is 0.377 e. The molecule has 5 heteroatoms. The van der Waals surface area contributed by atoms with Crippen LogP contribution in [0.2, 0.25) is 0 Å². The van der Waals surface area contributed by atoms with Gasteiger partial charge in [-0.2, -0.15) is 0 Å². The molecule has 0 saturated carbocycles. The topological polar surface area (TPSA) is 36.9 Å². The quantitative estimate of drug-likeness (QED) is 0.414. The molecule has 0 aliphatic carbocycles. The van der Waals surface area contributed by atoms with Crippen molar-refractivity contribution in [1.82, 2.24) is 10.2 Å². The van der Waals surface area contributed by atoms with Crippen molar-refractivity contribution in [3.63, 3.8) is 0 Å². The van der Waals surface area contributed by atoms with Gasteiger partial charge < -0.3 is 15.0 Å². The van der Waals surface area contributed by atoms with Crippen molar-refractivity contribution in [3.8, 4) is 0 Å².